The number of carbonyl (C=O) groups is 2. The first kappa shape index (κ1) is 16.7. The van der Waals surface area contributed by atoms with Crippen LogP contribution >= 0.6 is 0 Å². The largest absolute Gasteiger partial charge is 0.481 e. The van der Waals surface area contributed by atoms with Crippen LogP contribution in [0, 0.1) is 35.0 Å². The van der Waals surface area contributed by atoms with Crippen molar-refractivity contribution in [2.75, 3.05) is 11.9 Å². The lowest BCUT2D eigenvalue weighted by molar-refractivity contribution is -0.140. The second-order valence-electron chi connectivity index (χ2n) is 4.02. The van der Waals surface area contributed by atoms with E-state index in [9.17, 15) is 31.5 Å². The monoisotopic (exact) mass is 312 g/mol. The summed E-state index contributed by atoms with van der Waals surface area (Å²) in [5.74, 6) is -13.4. The summed E-state index contributed by atoms with van der Waals surface area (Å²) < 4.78 is 64.9. The third-order valence-corrected chi connectivity index (χ3v) is 2.44. The number of hydrogen-bond donors (Lipinski definition) is 3. The van der Waals surface area contributed by atoms with Crippen LogP contribution in [-0.4, -0.2) is 23.7 Å². The van der Waals surface area contributed by atoms with Gasteiger partial charge in [-0.2, -0.15) is 0 Å². The molecule has 0 bridgehead atoms. The van der Waals surface area contributed by atoms with E-state index in [2.05, 4.69) is 0 Å². The minimum absolute atomic E-state index is 0.406. The molecule has 1 unspecified atom stereocenters. The Balaban J connectivity index is 2.89. The number of halogens is 5. The molecule has 1 atom stereocenters. The van der Waals surface area contributed by atoms with Gasteiger partial charge < -0.3 is 15.7 Å². The summed E-state index contributed by atoms with van der Waals surface area (Å²) in [6.45, 7) is 0.831. The van der Waals surface area contributed by atoms with E-state index in [4.69, 9.17) is 5.11 Å². The molecule has 116 valence electrons. The molecule has 5 nitrogen and oxygen atoms in total. The Morgan fingerprint density at radius 2 is 1.43 bits per heavy atom. The highest BCUT2D eigenvalue weighted by Crippen LogP contribution is 2.26. The maximum atomic E-state index is 13.2. The quantitative estimate of drug-likeness (QED) is 0.453. The van der Waals surface area contributed by atoms with Crippen LogP contribution < -0.4 is 10.6 Å². The molecule has 1 aromatic rings. The zero-order valence-electron chi connectivity index (χ0n) is 10.4. The molecular formula is C11H9F5N2O3. The second-order valence-corrected chi connectivity index (χ2v) is 4.02. The average Bonchev–Trinajstić information content (AvgIpc) is 2.44. The topological polar surface area (TPSA) is 78.4 Å². The standard InChI is InChI=1S/C11H9F5N2O3/c1-3(10(19)20)2-17-11(21)18-9-7(15)5(13)4(12)6(14)8(9)16/h3H,2H2,1H3,(H,19,20)(H2,17,18,21). The van der Waals surface area contributed by atoms with Gasteiger partial charge in [0.25, 0.3) is 0 Å². The van der Waals surface area contributed by atoms with Gasteiger partial charge in [-0.1, -0.05) is 6.92 Å². The van der Waals surface area contributed by atoms with Gasteiger partial charge in [-0.25, -0.2) is 26.7 Å². The number of aliphatic carboxylic acids is 1. The number of carboxylic acid groups (broad SMARTS) is 1. The molecule has 0 saturated carbocycles. The summed E-state index contributed by atoms with van der Waals surface area (Å²) in [6, 6.07) is -1.31. The van der Waals surface area contributed by atoms with Crippen molar-refractivity contribution in [3.63, 3.8) is 0 Å². The highest BCUT2D eigenvalue weighted by molar-refractivity contribution is 5.89. The number of amides is 2. The van der Waals surface area contributed by atoms with E-state index >= 15 is 0 Å². The number of carbonyl (C=O) groups excluding carboxylic acids is 1. The molecule has 0 heterocycles. The number of carboxylic acids is 1. The molecule has 0 saturated heterocycles. The van der Waals surface area contributed by atoms with Crippen molar-refractivity contribution >= 4 is 17.7 Å². The Kier molecular flexibility index (Phi) is 5.06. The second kappa shape index (κ2) is 6.37. The molecule has 1 aromatic carbocycles. The van der Waals surface area contributed by atoms with Crippen molar-refractivity contribution in [2.45, 2.75) is 6.92 Å². The molecule has 0 radical (unpaired) electrons. The minimum atomic E-state index is -2.35. The van der Waals surface area contributed by atoms with E-state index < -0.39 is 59.2 Å². The minimum Gasteiger partial charge on any atom is -0.481 e. The summed E-state index contributed by atoms with van der Waals surface area (Å²) in [6.07, 6.45) is 0. The lowest BCUT2D eigenvalue weighted by Crippen LogP contribution is -2.35. The summed E-state index contributed by atoms with van der Waals surface area (Å²) in [7, 11) is 0. The molecular weight excluding hydrogens is 303 g/mol. The van der Waals surface area contributed by atoms with E-state index in [-0.39, 0.29) is 0 Å². The molecule has 0 aliphatic heterocycles. The Labute approximate surface area is 114 Å². The van der Waals surface area contributed by atoms with Crippen molar-refractivity contribution in [2.24, 2.45) is 5.92 Å². The number of nitrogens with one attached hydrogen (secondary N) is 2. The summed E-state index contributed by atoms with van der Waals surface area (Å²) in [5.41, 5.74) is -1.52. The van der Waals surface area contributed by atoms with Crippen LogP contribution in [0.25, 0.3) is 0 Å². The summed E-state index contributed by atoms with van der Waals surface area (Å²) >= 11 is 0. The Bertz CT molecular complexity index is 565. The molecule has 3 N–H and O–H groups in total. The lowest BCUT2D eigenvalue weighted by Gasteiger charge is -2.12. The van der Waals surface area contributed by atoms with E-state index in [0.717, 1.165) is 0 Å². The predicted molar refractivity (Wildman–Crippen MR) is 60.1 cm³/mol. The number of anilines is 1. The van der Waals surface area contributed by atoms with Crippen LogP contribution in [0.4, 0.5) is 32.4 Å². The van der Waals surface area contributed by atoms with Crippen LogP contribution in [0.5, 0.6) is 0 Å². The molecule has 10 heteroatoms. The highest BCUT2D eigenvalue weighted by atomic mass is 19.2. The van der Waals surface area contributed by atoms with Gasteiger partial charge in [-0.05, 0) is 0 Å². The maximum Gasteiger partial charge on any atom is 0.319 e. The van der Waals surface area contributed by atoms with Crippen LogP contribution in [0.15, 0.2) is 0 Å². The molecule has 1 rings (SSSR count). The van der Waals surface area contributed by atoms with Crippen LogP contribution in [0.3, 0.4) is 0 Å². The third kappa shape index (κ3) is 3.58. The zero-order valence-corrected chi connectivity index (χ0v) is 10.4. The first-order valence-corrected chi connectivity index (χ1v) is 5.45. The molecule has 21 heavy (non-hydrogen) atoms. The van der Waals surface area contributed by atoms with Gasteiger partial charge in [-0.3, -0.25) is 4.79 Å². The highest BCUT2D eigenvalue weighted by Gasteiger charge is 2.26. The van der Waals surface area contributed by atoms with E-state index in [1.54, 1.807) is 0 Å². The predicted octanol–water partition coefficient (Wildman–Crippen LogP) is 2.22. The third-order valence-electron chi connectivity index (χ3n) is 2.44. The molecule has 0 fully saturated rings. The first-order chi connectivity index (χ1) is 9.66. The Morgan fingerprint density at radius 1 is 1.00 bits per heavy atom. The van der Waals surface area contributed by atoms with Gasteiger partial charge >= 0.3 is 12.0 Å². The van der Waals surface area contributed by atoms with Gasteiger partial charge in [0.05, 0.1) is 5.92 Å². The van der Waals surface area contributed by atoms with Crippen molar-refractivity contribution in [3.8, 4) is 0 Å². The van der Waals surface area contributed by atoms with E-state index in [1.165, 1.54) is 12.2 Å². The van der Waals surface area contributed by atoms with Gasteiger partial charge in [0.15, 0.2) is 23.3 Å². The van der Waals surface area contributed by atoms with Crippen molar-refractivity contribution in [1.82, 2.24) is 5.32 Å². The first-order valence-electron chi connectivity index (χ1n) is 5.45. The molecule has 0 aromatic heterocycles. The van der Waals surface area contributed by atoms with Crippen molar-refractivity contribution < 1.29 is 36.6 Å². The SMILES string of the molecule is CC(CNC(=O)Nc1c(F)c(F)c(F)c(F)c1F)C(=O)O. The van der Waals surface area contributed by atoms with Gasteiger partial charge in [0.1, 0.15) is 5.69 Å². The normalized spacial score (nSPS) is 11.9. The molecule has 0 spiro atoms. The zero-order chi connectivity index (χ0) is 16.3. The number of benzene rings is 1. The number of rotatable bonds is 4. The fraction of sp³-hybridized carbons (Fsp3) is 0.273. The van der Waals surface area contributed by atoms with Crippen molar-refractivity contribution in [1.29, 1.82) is 0 Å². The summed E-state index contributed by atoms with van der Waals surface area (Å²) in [4.78, 5) is 21.7. The number of hydrogen-bond acceptors (Lipinski definition) is 2. The Hall–Kier alpha value is -2.39. The fourth-order valence-corrected chi connectivity index (χ4v) is 1.21. The Morgan fingerprint density at radius 3 is 1.86 bits per heavy atom. The number of urea groups is 1. The van der Waals surface area contributed by atoms with Gasteiger partial charge in [0, 0.05) is 6.54 Å². The van der Waals surface area contributed by atoms with Crippen LogP contribution in [-0.2, 0) is 4.79 Å². The van der Waals surface area contributed by atoms with Gasteiger partial charge in [0.2, 0.25) is 5.82 Å². The van der Waals surface area contributed by atoms with Crippen molar-refractivity contribution in [3.05, 3.63) is 29.1 Å². The smallest absolute Gasteiger partial charge is 0.319 e. The van der Waals surface area contributed by atoms with Crippen LogP contribution in [0.2, 0.25) is 0 Å². The van der Waals surface area contributed by atoms with E-state index in [1.807, 2.05) is 5.32 Å². The fourth-order valence-electron chi connectivity index (χ4n) is 1.21. The lowest BCUT2D eigenvalue weighted by atomic mass is 10.2. The molecule has 0 aliphatic carbocycles. The maximum absolute atomic E-state index is 13.2. The average molecular weight is 312 g/mol. The molecule has 0 aliphatic rings. The molecule has 2 amide bonds. The van der Waals surface area contributed by atoms with Gasteiger partial charge in [-0.15, -0.1) is 0 Å². The van der Waals surface area contributed by atoms with Crippen LogP contribution in [0.1, 0.15) is 6.92 Å². The van der Waals surface area contributed by atoms with E-state index in [0.29, 0.717) is 0 Å². The summed E-state index contributed by atoms with van der Waals surface area (Å²) in [5, 5.41) is 11.9.